The number of hydrogen-bond donors (Lipinski definition) is 0. The van der Waals surface area contributed by atoms with Gasteiger partial charge >= 0.3 is 36.4 Å². The Morgan fingerprint density at radius 1 is 0.667 bits per heavy atom. The molecule has 0 aromatic rings. The SMILES string of the molecule is O=O.[F][Sb-]([F])([F])([F])([F])[F]. The van der Waals surface area contributed by atoms with E-state index in [1.54, 1.807) is 0 Å². The van der Waals surface area contributed by atoms with Crippen molar-refractivity contribution in [2.45, 2.75) is 0 Å². The molecule has 0 fully saturated rings. The molecule has 0 aliphatic rings. The summed E-state index contributed by atoms with van der Waals surface area (Å²) in [5, 5.41) is 0. The quantitative estimate of drug-likeness (QED) is 0.498. The third-order valence-electron chi connectivity index (χ3n) is 0. The molecule has 0 saturated heterocycles. The third kappa shape index (κ3) is 87000000. The van der Waals surface area contributed by atoms with Crippen LogP contribution in [0.25, 0.3) is 0 Å². The Morgan fingerprint density at radius 2 is 0.667 bits per heavy atom. The molecule has 60 valence electrons. The number of halogens is 6. The van der Waals surface area contributed by atoms with Crippen molar-refractivity contribution >= 4 is 19.5 Å². The molecule has 2 nitrogen and oxygen atoms in total. The van der Waals surface area contributed by atoms with Crippen molar-refractivity contribution in [2.24, 2.45) is 0 Å². The molecular weight excluding hydrogens is 268 g/mol. The number of rotatable bonds is 0. The number of hydrogen-bond acceptors (Lipinski definition) is 2. The molecule has 0 atom stereocenters. The average molecular weight is 268 g/mol. The molecule has 0 aromatic carbocycles. The average Bonchev–Trinajstić information content (AvgIpc) is 1.30. The normalized spacial score (nSPS) is 18.4. The molecule has 0 aromatic heterocycles. The molecule has 9 heavy (non-hydrogen) atoms. The fourth-order valence-corrected chi connectivity index (χ4v) is 0. The predicted octanol–water partition coefficient (Wildman–Crippen LogP) is 2.21. The molecule has 0 aliphatic carbocycles. The van der Waals surface area contributed by atoms with Crippen LogP contribution >= 0.6 is 0 Å². The maximum absolute atomic E-state index is 11.2. The molecule has 0 bridgehead atoms. The Hall–Kier alpha value is -0.00182. The van der Waals surface area contributed by atoms with E-state index in [0.717, 1.165) is 0 Å². The summed E-state index contributed by atoms with van der Waals surface area (Å²) in [4.78, 5) is 14.0. The minimum absolute atomic E-state index is 7.00. The topological polar surface area (TPSA) is 34.1 Å². The first-order valence-electron chi connectivity index (χ1n) is 1.18. The summed E-state index contributed by atoms with van der Waals surface area (Å²) in [6.07, 6.45) is 0. The standard InChI is InChI=1S/6FH.O2.Sb/c;;;;;;1-2;/h6*1H;;/q;;;;;;;+5/p-6. The van der Waals surface area contributed by atoms with Gasteiger partial charge in [0.05, 0.1) is 0 Å². The van der Waals surface area contributed by atoms with E-state index in [0.29, 0.717) is 0 Å². The van der Waals surface area contributed by atoms with Crippen molar-refractivity contribution in [1.29, 1.82) is 0 Å². The molecule has 0 spiro atoms. The second-order valence-electron chi connectivity index (χ2n) is 0.958. The van der Waals surface area contributed by atoms with Gasteiger partial charge in [-0.25, -0.2) is 0 Å². The Kier molecular flexibility index (Phi) is 2.27. The summed E-state index contributed by atoms with van der Waals surface area (Å²) in [6, 6.07) is 0. The Balaban J connectivity index is 0. The molecular formula is F6O2Sb-. The van der Waals surface area contributed by atoms with Crippen LogP contribution in [0.15, 0.2) is 0 Å². The van der Waals surface area contributed by atoms with E-state index < -0.39 is 19.5 Å². The summed E-state index contributed by atoms with van der Waals surface area (Å²) < 4.78 is 59.6. The molecule has 0 N–H and O–H groups in total. The van der Waals surface area contributed by atoms with Crippen LogP contribution in [-0.2, 0) is 0 Å². The van der Waals surface area contributed by atoms with Crippen molar-refractivity contribution in [2.75, 3.05) is 0 Å². The zero-order valence-electron chi connectivity index (χ0n) is 3.53. The van der Waals surface area contributed by atoms with Crippen molar-refractivity contribution in [1.82, 2.24) is 0 Å². The minimum atomic E-state index is -11.2. The third-order valence-corrected chi connectivity index (χ3v) is 0. The molecule has 0 saturated carbocycles. The molecule has 0 amide bonds. The summed E-state index contributed by atoms with van der Waals surface area (Å²) >= 11 is -11.2. The van der Waals surface area contributed by atoms with E-state index >= 15 is 0 Å². The zero-order valence-corrected chi connectivity index (χ0v) is 6.08. The van der Waals surface area contributed by atoms with Gasteiger partial charge < -0.3 is 0 Å². The van der Waals surface area contributed by atoms with Crippen LogP contribution in [-0.4, -0.2) is 19.5 Å². The van der Waals surface area contributed by atoms with Crippen LogP contribution < -0.4 is 0 Å². The van der Waals surface area contributed by atoms with Crippen LogP contribution in [0, 0.1) is 9.93 Å². The summed E-state index contributed by atoms with van der Waals surface area (Å²) in [6.45, 7) is 0. The van der Waals surface area contributed by atoms with Gasteiger partial charge in [0.25, 0.3) is 0 Å². The van der Waals surface area contributed by atoms with Crippen molar-refractivity contribution < 1.29 is 16.9 Å². The van der Waals surface area contributed by atoms with Crippen LogP contribution in [0.3, 0.4) is 0 Å². The van der Waals surface area contributed by atoms with Gasteiger partial charge in [-0.3, -0.25) is 0 Å². The van der Waals surface area contributed by atoms with Gasteiger partial charge in [-0.1, -0.05) is 0 Å². The van der Waals surface area contributed by atoms with Crippen molar-refractivity contribution in [3.8, 4) is 0 Å². The van der Waals surface area contributed by atoms with Crippen molar-refractivity contribution in [3.05, 3.63) is 9.93 Å². The first-order valence-corrected chi connectivity index (χ1v) is 6.97. The molecule has 0 aliphatic heterocycles. The molecule has 0 radical (unpaired) electrons. The molecule has 9 heteroatoms. The first-order chi connectivity index (χ1) is 3.45. The van der Waals surface area contributed by atoms with Crippen LogP contribution in [0.5, 0.6) is 0 Å². The van der Waals surface area contributed by atoms with E-state index in [-0.39, 0.29) is 0 Å². The van der Waals surface area contributed by atoms with Crippen molar-refractivity contribution in [3.63, 3.8) is 0 Å². The Bertz CT molecular complexity index is 80.4. The second kappa shape index (κ2) is 1.74. The summed E-state index contributed by atoms with van der Waals surface area (Å²) in [7, 11) is 0. The zero-order chi connectivity index (χ0) is 8.41. The van der Waals surface area contributed by atoms with Gasteiger partial charge in [0, 0.05) is 9.93 Å². The van der Waals surface area contributed by atoms with E-state index in [1.807, 2.05) is 0 Å². The first kappa shape index (κ1) is 11.8. The fourth-order valence-electron chi connectivity index (χ4n) is 0. The molecule has 0 unspecified atom stereocenters. The fraction of sp³-hybridized carbons (Fsp3) is 0. The van der Waals surface area contributed by atoms with Gasteiger partial charge in [0.2, 0.25) is 0 Å². The predicted molar refractivity (Wildman–Crippen MR) is 19.1 cm³/mol. The molecule has 0 rings (SSSR count). The van der Waals surface area contributed by atoms with Crippen LogP contribution in [0.2, 0.25) is 0 Å². The Labute approximate surface area is 46.9 Å². The van der Waals surface area contributed by atoms with E-state index in [1.165, 1.54) is 0 Å². The Morgan fingerprint density at radius 3 is 0.667 bits per heavy atom. The maximum atomic E-state index is 9.93. The van der Waals surface area contributed by atoms with E-state index in [2.05, 4.69) is 0 Å². The summed E-state index contributed by atoms with van der Waals surface area (Å²) in [5.41, 5.74) is 0. The monoisotopic (exact) mass is 267 g/mol. The van der Waals surface area contributed by atoms with Crippen LogP contribution in [0.4, 0.5) is 16.9 Å². The second-order valence-corrected chi connectivity index (χ2v) is 6.43. The van der Waals surface area contributed by atoms with E-state index in [4.69, 9.17) is 9.93 Å². The van der Waals surface area contributed by atoms with Crippen LogP contribution in [0.1, 0.15) is 0 Å². The van der Waals surface area contributed by atoms with E-state index in [9.17, 15) is 16.9 Å². The summed E-state index contributed by atoms with van der Waals surface area (Å²) in [5.74, 6) is 0. The van der Waals surface area contributed by atoms with Gasteiger partial charge in [0.15, 0.2) is 0 Å². The van der Waals surface area contributed by atoms with Gasteiger partial charge in [-0.15, -0.1) is 0 Å². The van der Waals surface area contributed by atoms with Gasteiger partial charge in [0.1, 0.15) is 0 Å². The molecule has 0 heterocycles. The van der Waals surface area contributed by atoms with Gasteiger partial charge in [-0.2, -0.15) is 0 Å². The van der Waals surface area contributed by atoms with Gasteiger partial charge in [-0.05, 0) is 0 Å².